The number of hydrogen-bond acceptors (Lipinski definition) is 3. The Morgan fingerprint density at radius 2 is 1.88 bits per heavy atom. The van der Waals surface area contributed by atoms with Gasteiger partial charge in [0.1, 0.15) is 5.25 Å². The number of carbonyl (C=O) groups is 1. The predicted molar refractivity (Wildman–Crippen MR) is 69.9 cm³/mol. The van der Waals surface area contributed by atoms with Gasteiger partial charge in [-0.15, -0.1) is 0 Å². The smallest absolute Gasteiger partial charge is 0.238 e. The molecular weight excluding hydrogens is 306 g/mol. The van der Waals surface area contributed by atoms with E-state index in [-0.39, 0.29) is 22.5 Å². The SMILES string of the molecule is O=C(NC1CCCC1Br)C1CCCCS1(=O)=O. The molecule has 0 radical (unpaired) electrons. The number of alkyl halides is 1. The summed E-state index contributed by atoms with van der Waals surface area (Å²) in [5.41, 5.74) is 0. The molecule has 2 fully saturated rings. The summed E-state index contributed by atoms with van der Waals surface area (Å²) in [5.74, 6) is -0.130. The van der Waals surface area contributed by atoms with Crippen LogP contribution in [0.1, 0.15) is 38.5 Å². The molecule has 98 valence electrons. The van der Waals surface area contributed by atoms with Crippen molar-refractivity contribution in [2.75, 3.05) is 5.75 Å². The average molecular weight is 324 g/mol. The van der Waals surface area contributed by atoms with Crippen molar-refractivity contribution in [3.63, 3.8) is 0 Å². The van der Waals surface area contributed by atoms with Crippen molar-refractivity contribution in [1.82, 2.24) is 5.32 Å². The van der Waals surface area contributed by atoms with Crippen molar-refractivity contribution < 1.29 is 13.2 Å². The standard InChI is InChI=1S/C11H18BrNO3S/c12-8-4-3-5-9(8)13-11(14)10-6-1-2-7-17(10,15)16/h8-10H,1-7H2,(H,13,14). The number of amides is 1. The molecule has 1 aliphatic heterocycles. The molecule has 17 heavy (non-hydrogen) atoms. The van der Waals surface area contributed by atoms with Crippen molar-refractivity contribution in [2.45, 2.75) is 54.6 Å². The maximum Gasteiger partial charge on any atom is 0.238 e. The van der Waals surface area contributed by atoms with Crippen molar-refractivity contribution in [3.05, 3.63) is 0 Å². The van der Waals surface area contributed by atoms with Crippen LogP contribution in [0.4, 0.5) is 0 Å². The summed E-state index contributed by atoms with van der Waals surface area (Å²) in [6.07, 6.45) is 5.07. The number of sulfone groups is 1. The van der Waals surface area contributed by atoms with Crippen LogP contribution >= 0.6 is 15.9 Å². The van der Waals surface area contributed by atoms with E-state index in [0.29, 0.717) is 12.8 Å². The minimum Gasteiger partial charge on any atom is -0.351 e. The zero-order valence-electron chi connectivity index (χ0n) is 9.69. The topological polar surface area (TPSA) is 63.2 Å². The third-order valence-corrected chi connectivity index (χ3v) is 6.90. The van der Waals surface area contributed by atoms with Crippen LogP contribution in [-0.2, 0) is 14.6 Å². The van der Waals surface area contributed by atoms with Gasteiger partial charge in [-0.3, -0.25) is 4.79 Å². The lowest BCUT2D eigenvalue weighted by atomic mass is 10.1. The van der Waals surface area contributed by atoms with Crippen LogP contribution in [0.2, 0.25) is 0 Å². The van der Waals surface area contributed by atoms with E-state index in [1.54, 1.807) is 0 Å². The number of carbonyl (C=O) groups excluding carboxylic acids is 1. The monoisotopic (exact) mass is 323 g/mol. The lowest BCUT2D eigenvalue weighted by Crippen LogP contribution is -2.47. The molecule has 0 aromatic carbocycles. The summed E-state index contributed by atoms with van der Waals surface area (Å²) >= 11 is 3.52. The normalized spacial score (nSPS) is 36.6. The third-order valence-electron chi connectivity index (χ3n) is 3.63. The Bertz CT molecular complexity index is 396. The quantitative estimate of drug-likeness (QED) is 0.781. The molecular formula is C11H18BrNO3S. The predicted octanol–water partition coefficient (Wildman–Crippen LogP) is 1.39. The Morgan fingerprint density at radius 1 is 1.12 bits per heavy atom. The van der Waals surface area contributed by atoms with Crippen LogP contribution in [0.25, 0.3) is 0 Å². The van der Waals surface area contributed by atoms with E-state index in [0.717, 1.165) is 25.7 Å². The van der Waals surface area contributed by atoms with Crippen molar-refractivity contribution in [3.8, 4) is 0 Å². The number of halogens is 1. The van der Waals surface area contributed by atoms with Crippen LogP contribution in [0.15, 0.2) is 0 Å². The van der Waals surface area contributed by atoms with Crippen molar-refractivity contribution >= 4 is 31.7 Å². The maximum absolute atomic E-state index is 12.0. The molecule has 6 heteroatoms. The minimum absolute atomic E-state index is 0.0969. The Labute approximate surface area is 111 Å². The van der Waals surface area contributed by atoms with Crippen LogP contribution in [0, 0.1) is 0 Å². The van der Waals surface area contributed by atoms with Gasteiger partial charge in [-0.05, 0) is 25.7 Å². The Kier molecular flexibility index (Phi) is 4.13. The zero-order valence-corrected chi connectivity index (χ0v) is 12.1. The fourth-order valence-corrected chi connectivity index (χ4v) is 5.13. The molecule has 3 atom stereocenters. The molecule has 1 saturated heterocycles. The van der Waals surface area contributed by atoms with E-state index < -0.39 is 15.1 Å². The van der Waals surface area contributed by atoms with E-state index in [1.807, 2.05) is 0 Å². The van der Waals surface area contributed by atoms with Crippen LogP contribution < -0.4 is 5.32 Å². The third kappa shape index (κ3) is 3.02. The highest BCUT2D eigenvalue weighted by Gasteiger charge is 2.37. The van der Waals surface area contributed by atoms with E-state index in [4.69, 9.17) is 0 Å². The number of hydrogen-bond donors (Lipinski definition) is 1. The van der Waals surface area contributed by atoms with Crippen LogP contribution in [0.5, 0.6) is 0 Å². The molecule has 1 amide bonds. The molecule has 0 aromatic rings. The summed E-state index contributed by atoms with van der Waals surface area (Å²) in [5, 5.41) is 2.08. The van der Waals surface area contributed by atoms with E-state index in [1.165, 1.54) is 0 Å². The van der Waals surface area contributed by atoms with E-state index in [9.17, 15) is 13.2 Å². The highest BCUT2D eigenvalue weighted by atomic mass is 79.9. The molecule has 2 aliphatic rings. The van der Waals surface area contributed by atoms with Gasteiger partial charge in [0.05, 0.1) is 5.75 Å². The Hall–Kier alpha value is -0.100. The van der Waals surface area contributed by atoms with Gasteiger partial charge in [0.15, 0.2) is 9.84 Å². The molecule has 0 bridgehead atoms. The molecule has 0 aromatic heterocycles. The molecule has 1 heterocycles. The maximum atomic E-state index is 12.0. The van der Waals surface area contributed by atoms with Gasteiger partial charge >= 0.3 is 0 Å². The average Bonchev–Trinajstić information content (AvgIpc) is 2.63. The first kappa shape index (κ1) is 13.3. The lowest BCUT2D eigenvalue weighted by Gasteiger charge is -2.24. The summed E-state index contributed by atoms with van der Waals surface area (Å²) in [7, 11) is -3.21. The highest BCUT2D eigenvalue weighted by Crippen LogP contribution is 2.26. The second-order valence-electron chi connectivity index (χ2n) is 4.91. The highest BCUT2D eigenvalue weighted by molar-refractivity contribution is 9.09. The molecule has 3 unspecified atom stereocenters. The number of rotatable bonds is 2. The number of nitrogens with one attached hydrogen (secondary N) is 1. The molecule has 1 saturated carbocycles. The molecule has 0 spiro atoms. The first-order valence-electron chi connectivity index (χ1n) is 6.17. The van der Waals surface area contributed by atoms with Crippen LogP contribution in [0.3, 0.4) is 0 Å². The van der Waals surface area contributed by atoms with Gasteiger partial charge in [0, 0.05) is 10.9 Å². The van der Waals surface area contributed by atoms with E-state index in [2.05, 4.69) is 21.2 Å². The van der Waals surface area contributed by atoms with Gasteiger partial charge in [0.2, 0.25) is 5.91 Å². The van der Waals surface area contributed by atoms with Gasteiger partial charge in [0.25, 0.3) is 0 Å². The van der Waals surface area contributed by atoms with Gasteiger partial charge < -0.3 is 5.32 Å². The summed E-state index contributed by atoms with van der Waals surface area (Å²) < 4.78 is 23.6. The fraction of sp³-hybridized carbons (Fsp3) is 0.909. The van der Waals surface area contributed by atoms with E-state index >= 15 is 0 Å². The molecule has 1 aliphatic carbocycles. The first-order valence-corrected chi connectivity index (χ1v) is 8.80. The lowest BCUT2D eigenvalue weighted by molar-refractivity contribution is -0.121. The summed E-state index contributed by atoms with van der Waals surface area (Å²) in [6, 6.07) is 0.0969. The minimum atomic E-state index is -3.21. The second-order valence-corrected chi connectivity index (χ2v) is 8.39. The molecule has 1 N–H and O–H groups in total. The first-order chi connectivity index (χ1) is 8.00. The summed E-state index contributed by atoms with van der Waals surface area (Å²) in [4.78, 5) is 12.3. The Balaban J connectivity index is 1.99. The largest absolute Gasteiger partial charge is 0.351 e. The zero-order chi connectivity index (χ0) is 12.5. The van der Waals surface area contributed by atoms with Crippen molar-refractivity contribution in [1.29, 1.82) is 0 Å². The van der Waals surface area contributed by atoms with Gasteiger partial charge in [-0.1, -0.05) is 28.8 Å². The fourth-order valence-electron chi connectivity index (χ4n) is 2.60. The summed E-state index contributed by atoms with van der Waals surface area (Å²) in [6.45, 7) is 0. The van der Waals surface area contributed by atoms with Gasteiger partial charge in [-0.25, -0.2) is 8.42 Å². The Morgan fingerprint density at radius 3 is 2.47 bits per heavy atom. The molecule has 2 rings (SSSR count). The van der Waals surface area contributed by atoms with Crippen LogP contribution in [-0.4, -0.2) is 36.2 Å². The second kappa shape index (κ2) is 5.26. The van der Waals surface area contributed by atoms with Crippen molar-refractivity contribution in [2.24, 2.45) is 0 Å². The van der Waals surface area contributed by atoms with Gasteiger partial charge in [-0.2, -0.15) is 0 Å². The molecule has 4 nitrogen and oxygen atoms in total.